The van der Waals surface area contributed by atoms with Crippen molar-refractivity contribution in [3.63, 3.8) is 0 Å². The lowest BCUT2D eigenvalue weighted by Gasteiger charge is -2.41. The Bertz CT molecular complexity index is 1160. The number of rotatable bonds is 4. The predicted octanol–water partition coefficient (Wildman–Crippen LogP) is 3.63. The fourth-order valence-corrected chi connectivity index (χ4v) is 4.76. The maximum absolute atomic E-state index is 12.5. The maximum atomic E-state index is 12.5. The van der Waals surface area contributed by atoms with Gasteiger partial charge in [-0.15, -0.1) is 12.4 Å². The highest BCUT2D eigenvalue weighted by atomic mass is 35.5. The van der Waals surface area contributed by atoms with Crippen LogP contribution in [0.25, 0.3) is 11.0 Å². The lowest BCUT2D eigenvalue weighted by molar-refractivity contribution is -0.0952. The van der Waals surface area contributed by atoms with E-state index in [1.54, 1.807) is 6.07 Å². The fraction of sp³-hybridized carbons (Fsp3) is 0.435. The van der Waals surface area contributed by atoms with Crippen LogP contribution in [0.2, 0.25) is 5.02 Å². The van der Waals surface area contributed by atoms with Crippen LogP contribution in [-0.2, 0) is 0 Å². The van der Waals surface area contributed by atoms with E-state index >= 15 is 0 Å². The number of fused-ring (bicyclic) bond motifs is 2. The highest BCUT2D eigenvalue weighted by molar-refractivity contribution is 6.31. The summed E-state index contributed by atoms with van der Waals surface area (Å²) in [5.41, 5.74) is 0.734. The van der Waals surface area contributed by atoms with Gasteiger partial charge in [0.25, 0.3) is 0 Å². The third kappa shape index (κ3) is 4.22. The smallest absolute Gasteiger partial charge is 0.326 e. The zero-order chi connectivity index (χ0) is 21.6. The first-order valence-electron chi connectivity index (χ1n) is 10.6. The number of ether oxygens (including phenoxy) is 2. The number of hydrogen-bond acceptors (Lipinski definition) is 5. The predicted molar refractivity (Wildman–Crippen MR) is 127 cm³/mol. The molecular weight excluding hydrogens is 453 g/mol. The zero-order valence-corrected chi connectivity index (χ0v) is 19.4. The molecule has 2 atom stereocenters. The quantitative estimate of drug-likeness (QED) is 0.597. The molecule has 1 fully saturated rings. The van der Waals surface area contributed by atoms with Gasteiger partial charge >= 0.3 is 5.69 Å². The second kappa shape index (κ2) is 8.98. The third-order valence-electron chi connectivity index (χ3n) is 6.44. The first-order valence-corrected chi connectivity index (χ1v) is 11.0. The number of benzene rings is 2. The number of para-hydroxylation sites is 2. The van der Waals surface area contributed by atoms with Crippen molar-refractivity contribution >= 4 is 35.0 Å². The molecule has 5 rings (SSSR count). The van der Waals surface area contributed by atoms with Crippen molar-refractivity contribution in [3.05, 3.63) is 58.0 Å². The van der Waals surface area contributed by atoms with Crippen LogP contribution in [-0.4, -0.2) is 57.5 Å². The summed E-state index contributed by atoms with van der Waals surface area (Å²) in [6, 6.07) is 13.1. The van der Waals surface area contributed by atoms with Crippen LogP contribution in [0, 0.1) is 0 Å². The van der Waals surface area contributed by atoms with Gasteiger partial charge in [-0.1, -0.05) is 23.7 Å². The minimum absolute atomic E-state index is 0. The van der Waals surface area contributed by atoms with Crippen molar-refractivity contribution in [2.45, 2.75) is 37.5 Å². The van der Waals surface area contributed by atoms with Crippen LogP contribution in [0.4, 0.5) is 0 Å². The molecule has 0 saturated carbocycles. The minimum Gasteiger partial charge on any atom is -0.485 e. The monoisotopic (exact) mass is 479 g/mol. The largest absolute Gasteiger partial charge is 0.485 e. The molecule has 2 aliphatic heterocycles. The molecule has 0 aliphatic carbocycles. The summed E-state index contributed by atoms with van der Waals surface area (Å²) >= 11 is 6.06. The number of aromatic nitrogens is 2. The molecule has 1 aromatic heterocycles. The maximum Gasteiger partial charge on any atom is 0.326 e. The van der Waals surface area contributed by atoms with E-state index < -0.39 is 11.7 Å². The summed E-state index contributed by atoms with van der Waals surface area (Å²) in [5.74, 6) is 1.37. The number of likely N-dealkylation sites (tertiary alicyclic amines) is 1. The van der Waals surface area contributed by atoms with Crippen molar-refractivity contribution in [1.82, 2.24) is 14.5 Å². The minimum atomic E-state index is -0.807. The average Bonchev–Trinajstić information content (AvgIpc) is 3.09. The van der Waals surface area contributed by atoms with E-state index in [9.17, 15) is 9.90 Å². The van der Waals surface area contributed by atoms with Crippen LogP contribution in [0.1, 0.15) is 25.8 Å². The molecule has 172 valence electrons. The molecule has 2 N–H and O–H groups in total. The summed E-state index contributed by atoms with van der Waals surface area (Å²) in [7, 11) is 0. The molecule has 2 aromatic carbocycles. The highest BCUT2D eigenvalue weighted by Crippen LogP contribution is 2.36. The van der Waals surface area contributed by atoms with Crippen molar-refractivity contribution in [1.29, 1.82) is 0 Å². The second-order valence-corrected chi connectivity index (χ2v) is 9.10. The molecular formula is C23H27Cl2N3O4. The van der Waals surface area contributed by atoms with Crippen LogP contribution >= 0.6 is 24.0 Å². The van der Waals surface area contributed by atoms with Gasteiger partial charge in [-0.05, 0) is 50.1 Å². The Kier molecular flexibility index (Phi) is 6.45. The van der Waals surface area contributed by atoms with Gasteiger partial charge < -0.3 is 24.5 Å². The van der Waals surface area contributed by atoms with Crippen LogP contribution in [0.3, 0.4) is 0 Å². The number of nitrogens with one attached hydrogen (secondary N) is 1. The normalized spacial score (nSPS) is 22.5. The summed E-state index contributed by atoms with van der Waals surface area (Å²) in [6.45, 7) is 4.27. The van der Waals surface area contributed by atoms with E-state index in [1.807, 2.05) is 47.9 Å². The van der Waals surface area contributed by atoms with E-state index in [0.29, 0.717) is 29.7 Å². The molecule has 3 aromatic rings. The van der Waals surface area contributed by atoms with Crippen LogP contribution in [0.5, 0.6) is 11.5 Å². The topological polar surface area (TPSA) is 79.7 Å². The Balaban J connectivity index is 0.00000245. The molecule has 2 unspecified atom stereocenters. The van der Waals surface area contributed by atoms with Gasteiger partial charge in [0, 0.05) is 30.7 Å². The fourth-order valence-electron chi connectivity index (χ4n) is 4.58. The molecule has 0 amide bonds. The van der Waals surface area contributed by atoms with Crippen LogP contribution in [0.15, 0.2) is 47.3 Å². The van der Waals surface area contributed by atoms with E-state index in [2.05, 4.69) is 9.88 Å². The number of halogens is 2. The van der Waals surface area contributed by atoms with Crippen molar-refractivity contribution in [3.8, 4) is 11.5 Å². The lowest BCUT2D eigenvalue weighted by atomic mass is 9.96. The molecule has 0 radical (unpaired) electrons. The Morgan fingerprint density at radius 2 is 1.94 bits per heavy atom. The third-order valence-corrected chi connectivity index (χ3v) is 6.68. The van der Waals surface area contributed by atoms with E-state index in [4.69, 9.17) is 21.1 Å². The summed E-state index contributed by atoms with van der Waals surface area (Å²) < 4.78 is 13.8. The molecule has 32 heavy (non-hydrogen) atoms. The van der Waals surface area contributed by atoms with Gasteiger partial charge in [0.1, 0.15) is 12.7 Å². The highest BCUT2D eigenvalue weighted by Gasteiger charge is 2.41. The van der Waals surface area contributed by atoms with Crippen molar-refractivity contribution in [2.24, 2.45) is 0 Å². The van der Waals surface area contributed by atoms with Gasteiger partial charge in [-0.3, -0.25) is 4.57 Å². The number of imidazole rings is 1. The number of nitrogens with zero attached hydrogens (tertiary/aromatic N) is 2. The molecule has 3 heterocycles. The molecule has 0 bridgehead atoms. The molecule has 7 nitrogen and oxygen atoms in total. The Labute approximate surface area is 197 Å². The number of aromatic amines is 1. The molecule has 0 spiro atoms. The average molecular weight is 480 g/mol. The SMILES string of the molecule is CC1(C(O)CN2CCC(n3c(=O)[nH]c4cc(Cl)ccc43)CC2)COc2ccccc2O1.Cl. The summed E-state index contributed by atoms with van der Waals surface area (Å²) in [6.07, 6.45) is 0.966. The number of H-pyrrole nitrogens is 1. The van der Waals surface area contributed by atoms with E-state index in [1.165, 1.54) is 0 Å². The number of piperidine rings is 1. The molecule has 9 heteroatoms. The Morgan fingerprint density at radius 3 is 2.69 bits per heavy atom. The number of aliphatic hydroxyl groups is 1. The van der Waals surface area contributed by atoms with Gasteiger partial charge in [0.2, 0.25) is 0 Å². The van der Waals surface area contributed by atoms with Gasteiger partial charge in [-0.25, -0.2) is 4.79 Å². The molecule has 2 aliphatic rings. The Hall–Kier alpha value is -2.19. The lowest BCUT2D eigenvalue weighted by Crippen LogP contribution is -2.56. The van der Waals surface area contributed by atoms with Crippen LogP contribution < -0.4 is 15.2 Å². The number of β-amino-alcohol motifs (C(OH)–C–C–N with tert-alkyl or cyclic N) is 1. The summed E-state index contributed by atoms with van der Waals surface area (Å²) in [5, 5.41) is 11.6. The van der Waals surface area contributed by atoms with E-state index in [0.717, 1.165) is 37.0 Å². The zero-order valence-electron chi connectivity index (χ0n) is 17.8. The first kappa shape index (κ1) is 23.0. The molecule has 1 saturated heterocycles. The van der Waals surface area contributed by atoms with E-state index in [-0.39, 0.29) is 24.1 Å². The van der Waals surface area contributed by atoms with Gasteiger partial charge in [-0.2, -0.15) is 0 Å². The van der Waals surface area contributed by atoms with Crippen molar-refractivity contribution < 1.29 is 14.6 Å². The van der Waals surface area contributed by atoms with Gasteiger partial charge in [0.05, 0.1) is 11.0 Å². The van der Waals surface area contributed by atoms with Gasteiger partial charge in [0.15, 0.2) is 17.1 Å². The number of aliphatic hydroxyl groups excluding tert-OH is 1. The summed E-state index contributed by atoms with van der Waals surface area (Å²) in [4.78, 5) is 17.7. The Morgan fingerprint density at radius 1 is 1.22 bits per heavy atom. The standard InChI is InChI=1S/C23H26ClN3O4.ClH/c1-23(14-30-19-4-2-3-5-20(19)31-23)21(28)13-26-10-8-16(9-11-26)27-18-7-6-15(24)12-17(18)25-22(27)29;/h2-7,12,16,21,28H,8-11,13-14H2,1H3,(H,25,29);1H. The second-order valence-electron chi connectivity index (χ2n) is 8.66. The first-order chi connectivity index (χ1) is 14.9. The number of hydrogen-bond donors (Lipinski definition) is 2. The van der Waals surface area contributed by atoms with Crippen molar-refractivity contribution in [2.75, 3.05) is 26.2 Å².